The molecule has 0 heterocycles. The van der Waals surface area contributed by atoms with Gasteiger partial charge in [0.2, 0.25) is 0 Å². The molecule has 0 aliphatic rings. The molecule has 0 aromatic carbocycles. The van der Waals surface area contributed by atoms with Gasteiger partial charge in [-0.25, -0.2) is 0 Å². The molecule has 0 atom stereocenters. The summed E-state index contributed by atoms with van der Waals surface area (Å²) in [5.41, 5.74) is 0. The van der Waals surface area contributed by atoms with Crippen LogP contribution < -0.4 is 18.6 Å². The van der Waals surface area contributed by atoms with E-state index in [2.05, 4.69) is 13.8 Å². The third-order valence-corrected chi connectivity index (χ3v) is 0.354. The molecule has 0 spiro atoms. The van der Waals surface area contributed by atoms with Gasteiger partial charge in [-0.15, -0.1) is 0 Å². The van der Waals surface area contributed by atoms with Crippen LogP contribution in [-0.4, -0.2) is 23.1 Å². The smallest absolute Gasteiger partial charge is 1.00 e. The number of hydrogen-bond donors (Lipinski definition) is 1. The summed E-state index contributed by atoms with van der Waals surface area (Å²) in [6.07, 6.45) is 2.28. The molecule has 1 nitrogen and oxygen atoms in total. The van der Waals surface area contributed by atoms with E-state index in [1.54, 1.807) is 0 Å². The molecular weight excluding hydrogens is 122 g/mol. The fourth-order valence-corrected chi connectivity index (χ4v) is 0. The molecule has 0 saturated carbocycles. The van der Waals surface area contributed by atoms with Crippen molar-refractivity contribution in [3.8, 4) is 0 Å². The second-order valence-electron chi connectivity index (χ2n) is 0.854. The van der Waals surface area contributed by atoms with Crippen LogP contribution in [0.2, 0.25) is 0 Å². The first-order valence-corrected chi connectivity index (χ1v) is 1.71. The van der Waals surface area contributed by atoms with Gasteiger partial charge in [0, 0.05) is 0 Å². The zero-order valence-corrected chi connectivity index (χ0v) is 7.08. The second-order valence-corrected chi connectivity index (χ2v) is 0.854. The zero-order chi connectivity index (χ0) is 3.41. The largest absolute Gasteiger partial charge is 2.00 e. The third kappa shape index (κ3) is 43.4. The first-order valence-electron chi connectivity index (χ1n) is 1.71. The molecule has 0 aromatic heterocycles. The average Bonchev–Trinajstić information content (AvgIpc) is 1.37. The predicted molar refractivity (Wildman–Crippen MR) is 31.0 cm³/mol. The Morgan fingerprint density at radius 3 is 1.57 bits per heavy atom. The third-order valence-electron chi connectivity index (χ3n) is 0.354. The topological polar surface area (TPSA) is 35.0 Å². The summed E-state index contributed by atoms with van der Waals surface area (Å²) in [5.74, 6) is 0. The molecule has 3 heteroatoms. The average molecular weight is 134 g/mol. The Morgan fingerprint density at radius 2 is 1.57 bits per heavy atom. The van der Waals surface area contributed by atoms with Crippen LogP contribution >= 0.6 is 0 Å². The van der Waals surface area contributed by atoms with Gasteiger partial charge in [0.15, 0.2) is 0 Å². The van der Waals surface area contributed by atoms with Gasteiger partial charge in [-0.1, -0.05) is 13.3 Å². The van der Waals surface area contributed by atoms with E-state index in [9.17, 15) is 0 Å². The summed E-state index contributed by atoms with van der Waals surface area (Å²) in [7, 11) is 0. The van der Waals surface area contributed by atoms with Crippen molar-refractivity contribution in [1.29, 1.82) is 0 Å². The molecule has 0 rings (SSSR count). The zero-order valence-electron chi connectivity index (χ0n) is 4.91. The van der Waals surface area contributed by atoms with Gasteiger partial charge in [0.1, 0.15) is 0 Å². The molecule has 0 unspecified atom stereocenters. The normalized spacial score (nSPS) is 4.29. The maximum absolute atomic E-state index is 3.60. The Hall–Kier alpha value is 1.02. The van der Waals surface area contributed by atoms with Gasteiger partial charge in [0.05, 0.1) is 0 Å². The van der Waals surface area contributed by atoms with Crippen LogP contribution in [0, 0.1) is 6.92 Å². The SMILES string of the molecule is N.[CH2-]CCC.[Cl-].[Mg+2]. The Morgan fingerprint density at radius 1 is 1.43 bits per heavy atom. The molecule has 0 aromatic rings. The fraction of sp³-hybridized carbons (Fsp3) is 0.750. The van der Waals surface area contributed by atoms with E-state index in [4.69, 9.17) is 0 Å². The van der Waals surface area contributed by atoms with Crippen molar-refractivity contribution < 1.29 is 12.4 Å². The van der Waals surface area contributed by atoms with Gasteiger partial charge in [-0.2, -0.15) is 6.42 Å². The molecule has 7 heavy (non-hydrogen) atoms. The molecule has 0 radical (unpaired) electrons. The molecule has 3 N–H and O–H groups in total. The van der Waals surface area contributed by atoms with Crippen LogP contribution in [0.25, 0.3) is 0 Å². The number of rotatable bonds is 1. The first kappa shape index (κ1) is 24.5. The van der Waals surface area contributed by atoms with E-state index in [1.807, 2.05) is 0 Å². The summed E-state index contributed by atoms with van der Waals surface area (Å²) in [4.78, 5) is 0. The first-order chi connectivity index (χ1) is 1.91. The van der Waals surface area contributed by atoms with Crippen LogP contribution in [0.5, 0.6) is 0 Å². The van der Waals surface area contributed by atoms with Crippen molar-refractivity contribution in [1.82, 2.24) is 6.15 Å². The Labute approximate surface area is 68.4 Å². The van der Waals surface area contributed by atoms with Gasteiger partial charge >= 0.3 is 23.1 Å². The van der Waals surface area contributed by atoms with Crippen molar-refractivity contribution in [3.05, 3.63) is 6.92 Å². The van der Waals surface area contributed by atoms with E-state index in [0.717, 1.165) is 6.42 Å². The van der Waals surface area contributed by atoms with Crippen LogP contribution in [0.1, 0.15) is 19.8 Å². The van der Waals surface area contributed by atoms with Crippen LogP contribution in [0.4, 0.5) is 0 Å². The Bertz CT molecular complexity index is 13.7. The summed E-state index contributed by atoms with van der Waals surface area (Å²) in [5, 5.41) is 0. The Balaban J connectivity index is -0.0000000150. The van der Waals surface area contributed by atoms with Crippen molar-refractivity contribution >= 4 is 23.1 Å². The summed E-state index contributed by atoms with van der Waals surface area (Å²) in [6.45, 7) is 5.72. The minimum atomic E-state index is 0. The van der Waals surface area contributed by atoms with Crippen molar-refractivity contribution in [2.75, 3.05) is 0 Å². The summed E-state index contributed by atoms with van der Waals surface area (Å²) >= 11 is 0. The number of hydrogen-bond acceptors (Lipinski definition) is 1. The minimum Gasteiger partial charge on any atom is -1.00 e. The molecule has 0 aliphatic carbocycles. The quantitative estimate of drug-likeness (QED) is 0.340. The van der Waals surface area contributed by atoms with Crippen LogP contribution in [0.15, 0.2) is 0 Å². The summed E-state index contributed by atoms with van der Waals surface area (Å²) in [6, 6.07) is 0. The number of halogens is 1. The predicted octanol–water partition coefficient (Wildman–Crippen LogP) is -1.59. The van der Waals surface area contributed by atoms with Crippen LogP contribution in [-0.2, 0) is 0 Å². The summed E-state index contributed by atoms with van der Waals surface area (Å²) < 4.78 is 0. The number of unbranched alkanes of at least 4 members (excludes halogenated alkanes) is 1. The van der Waals surface area contributed by atoms with E-state index < -0.39 is 0 Å². The minimum absolute atomic E-state index is 0. The standard InChI is InChI=1S/C4H9.ClH.Mg.H3N/c1-3-4-2;;;/h1,3-4H2,2H3;1H;;1H3/q-1;;+2;/p-1. The molecule has 0 saturated heterocycles. The fourth-order valence-electron chi connectivity index (χ4n) is 0. The van der Waals surface area contributed by atoms with Crippen molar-refractivity contribution in [2.24, 2.45) is 0 Å². The molecule has 42 valence electrons. The molecule has 0 fully saturated rings. The van der Waals surface area contributed by atoms with Crippen molar-refractivity contribution in [2.45, 2.75) is 19.8 Å². The van der Waals surface area contributed by atoms with Crippen LogP contribution in [0.3, 0.4) is 0 Å². The van der Waals surface area contributed by atoms with Gasteiger partial charge in [-0.05, 0) is 0 Å². The monoisotopic (exact) mass is 133 g/mol. The maximum atomic E-state index is 3.60. The molecular formula is C4H12ClMgN. The van der Waals surface area contributed by atoms with Gasteiger partial charge in [-0.3, -0.25) is 0 Å². The molecule has 0 aliphatic heterocycles. The Kier molecular flexibility index (Phi) is 97.6. The van der Waals surface area contributed by atoms with Gasteiger partial charge in [0.25, 0.3) is 0 Å². The van der Waals surface area contributed by atoms with E-state index in [-0.39, 0.29) is 41.6 Å². The van der Waals surface area contributed by atoms with Gasteiger partial charge < -0.3 is 25.5 Å². The van der Waals surface area contributed by atoms with E-state index in [0.29, 0.717) is 0 Å². The van der Waals surface area contributed by atoms with E-state index in [1.165, 1.54) is 6.42 Å². The molecule has 0 bridgehead atoms. The molecule has 0 amide bonds. The maximum Gasteiger partial charge on any atom is 2.00 e. The van der Waals surface area contributed by atoms with Crippen molar-refractivity contribution in [3.63, 3.8) is 0 Å². The van der Waals surface area contributed by atoms with E-state index >= 15 is 0 Å². The second kappa shape index (κ2) is 27.9.